The molecular formula is C26H25N7O6. The second kappa shape index (κ2) is 8.18. The van der Waals surface area contributed by atoms with Gasteiger partial charge in [-0.2, -0.15) is 5.26 Å². The third-order valence-corrected chi connectivity index (χ3v) is 7.97. The number of aliphatic hydroxyl groups is 2. The maximum atomic E-state index is 14.3. The molecule has 2 aromatic rings. The van der Waals surface area contributed by atoms with Crippen molar-refractivity contribution in [2.75, 3.05) is 14.1 Å². The smallest absolute Gasteiger partial charge is 0.255 e. The SMILES string of the molecule is CN(C)[C@@H]1C(=O)C(C(N)=O)=C(O)[C@@]2(C#N)C(=O)C3=C(O)c4c(O)ccc(-c5cnccn5)c4C[C@@]3(N)C[C@@]12N. The third kappa shape index (κ3) is 3.07. The van der Waals surface area contributed by atoms with E-state index in [1.807, 2.05) is 0 Å². The number of hydrogen-bond donors (Lipinski definition) is 6. The number of aromatic nitrogens is 2. The molecule has 1 heterocycles. The summed E-state index contributed by atoms with van der Waals surface area (Å²) in [6.45, 7) is 0. The van der Waals surface area contributed by atoms with E-state index >= 15 is 0 Å². The van der Waals surface area contributed by atoms with Gasteiger partial charge in [0.05, 0.1) is 46.2 Å². The summed E-state index contributed by atoms with van der Waals surface area (Å²) >= 11 is 0. The van der Waals surface area contributed by atoms with Gasteiger partial charge in [0.2, 0.25) is 0 Å². The lowest BCUT2D eigenvalue weighted by molar-refractivity contribution is -0.139. The number of nitriles is 1. The minimum absolute atomic E-state index is 0.116. The zero-order chi connectivity index (χ0) is 28.7. The number of fused-ring (bicyclic) bond motifs is 3. The number of hydrogen-bond acceptors (Lipinski definition) is 12. The zero-order valence-corrected chi connectivity index (χ0v) is 21.0. The first-order valence-corrected chi connectivity index (χ1v) is 11.8. The van der Waals surface area contributed by atoms with Crippen LogP contribution in [0.15, 0.2) is 47.6 Å². The molecule has 13 nitrogen and oxygen atoms in total. The van der Waals surface area contributed by atoms with E-state index < -0.39 is 69.1 Å². The summed E-state index contributed by atoms with van der Waals surface area (Å²) in [5.41, 5.74) is 12.1. The number of carbonyl (C=O) groups excluding carboxylic acids is 3. The van der Waals surface area contributed by atoms with Crippen molar-refractivity contribution < 1.29 is 29.7 Å². The molecule has 1 fully saturated rings. The molecule has 9 N–H and O–H groups in total. The van der Waals surface area contributed by atoms with E-state index in [4.69, 9.17) is 17.2 Å². The van der Waals surface area contributed by atoms with Crippen LogP contribution in [0.25, 0.3) is 17.0 Å². The van der Waals surface area contributed by atoms with Gasteiger partial charge in [-0.15, -0.1) is 0 Å². The summed E-state index contributed by atoms with van der Waals surface area (Å²) in [5.74, 6) is -5.83. The topological polar surface area (TPSA) is 243 Å². The molecule has 0 bridgehead atoms. The van der Waals surface area contributed by atoms with E-state index in [0.29, 0.717) is 16.8 Å². The molecule has 3 aliphatic carbocycles. The van der Waals surface area contributed by atoms with Crippen molar-refractivity contribution in [3.8, 4) is 23.1 Å². The number of benzene rings is 1. The van der Waals surface area contributed by atoms with Gasteiger partial charge in [-0.05, 0) is 44.6 Å². The number of rotatable bonds is 3. The highest BCUT2D eigenvalue weighted by Gasteiger charge is 2.74. The molecule has 1 aromatic carbocycles. The average molecular weight is 532 g/mol. The van der Waals surface area contributed by atoms with Crippen LogP contribution in [-0.2, 0) is 20.8 Å². The Labute approximate surface area is 221 Å². The van der Waals surface area contributed by atoms with Gasteiger partial charge in [-0.25, -0.2) is 0 Å². The van der Waals surface area contributed by atoms with Crippen molar-refractivity contribution in [2.45, 2.75) is 30.0 Å². The predicted molar refractivity (Wildman–Crippen MR) is 135 cm³/mol. The number of aliphatic hydroxyl groups excluding tert-OH is 2. The maximum absolute atomic E-state index is 14.3. The third-order valence-electron chi connectivity index (χ3n) is 7.97. The molecule has 3 aliphatic rings. The zero-order valence-electron chi connectivity index (χ0n) is 21.0. The molecule has 0 aliphatic heterocycles. The highest BCUT2D eigenvalue weighted by atomic mass is 16.3. The van der Waals surface area contributed by atoms with Crippen LogP contribution in [0.4, 0.5) is 0 Å². The second-order valence-electron chi connectivity index (χ2n) is 10.4. The van der Waals surface area contributed by atoms with Gasteiger partial charge in [-0.1, -0.05) is 0 Å². The number of amides is 1. The van der Waals surface area contributed by atoms with E-state index in [1.54, 1.807) is 12.1 Å². The fourth-order valence-corrected chi connectivity index (χ4v) is 6.51. The van der Waals surface area contributed by atoms with Crippen LogP contribution in [0.2, 0.25) is 0 Å². The summed E-state index contributed by atoms with van der Waals surface area (Å²) < 4.78 is 0. The number of nitrogens with two attached hydrogens (primary N) is 3. The number of phenolic OH excluding ortho intramolecular Hbond substituents is 1. The monoisotopic (exact) mass is 531 g/mol. The molecule has 200 valence electrons. The maximum Gasteiger partial charge on any atom is 0.255 e. The largest absolute Gasteiger partial charge is 0.509 e. The van der Waals surface area contributed by atoms with Gasteiger partial charge in [-0.3, -0.25) is 29.3 Å². The molecular weight excluding hydrogens is 506 g/mol. The normalized spacial score (nSPS) is 30.0. The summed E-state index contributed by atoms with van der Waals surface area (Å²) in [7, 11) is 2.91. The molecule has 5 rings (SSSR count). The van der Waals surface area contributed by atoms with E-state index in [9.17, 15) is 35.0 Å². The number of primary amides is 1. The fraction of sp³-hybridized carbons (Fsp3) is 0.308. The second-order valence-corrected chi connectivity index (χ2v) is 10.4. The van der Waals surface area contributed by atoms with Crippen LogP contribution < -0.4 is 17.2 Å². The molecule has 13 heteroatoms. The first kappa shape index (κ1) is 26.0. The van der Waals surface area contributed by atoms with Crippen LogP contribution in [0.3, 0.4) is 0 Å². The Balaban J connectivity index is 1.87. The van der Waals surface area contributed by atoms with Gasteiger partial charge < -0.3 is 32.5 Å². The summed E-state index contributed by atoms with van der Waals surface area (Å²) in [5, 5.41) is 43.9. The van der Waals surface area contributed by atoms with Gasteiger partial charge in [0.15, 0.2) is 17.0 Å². The molecule has 1 aromatic heterocycles. The Morgan fingerprint density at radius 2 is 1.87 bits per heavy atom. The summed E-state index contributed by atoms with van der Waals surface area (Å²) in [6.07, 6.45) is 3.77. The molecule has 0 unspecified atom stereocenters. The van der Waals surface area contributed by atoms with Crippen LogP contribution in [0, 0.1) is 16.7 Å². The number of phenols is 1. The Hall–Kier alpha value is -4.64. The number of Topliss-reactive ketones (excluding diaryl/α,β-unsaturated/α-hetero) is 2. The predicted octanol–water partition coefficient (Wildman–Crippen LogP) is -0.638. The van der Waals surface area contributed by atoms with Crippen LogP contribution in [-0.4, -0.2) is 78.9 Å². The van der Waals surface area contributed by atoms with Crippen molar-refractivity contribution in [3.63, 3.8) is 0 Å². The van der Waals surface area contributed by atoms with Gasteiger partial charge in [0, 0.05) is 18.0 Å². The Kier molecular flexibility index (Phi) is 5.45. The molecule has 39 heavy (non-hydrogen) atoms. The molecule has 0 radical (unpaired) electrons. The summed E-state index contributed by atoms with van der Waals surface area (Å²) in [4.78, 5) is 49.7. The van der Waals surface area contributed by atoms with E-state index in [0.717, 1.165) is 0 Å². The molecule has 1 amide bonds. The quantitative estimate of drug-likeness (QED) is 0.271. The Bertz CT molecular complexity index is 1590. The van der Waals surface area contributed by atoms with E-state index in [-0.39, 0.29) is 17.7 Å². The van der Waals surface area contributed by atoms with Crippen LogP contribution >= 0.6 is 0 Å². The molecule has 4 atom stereocenters. The van der Waals surface area contributed by atoms with Crippen molar-refractivity contribution in [1.29, 1.82) is 5.26 Å². The van der Waals surface area contributed by atoms with E-state index in [1.165, 1.54) is 43.7 Å². The molecule has 0 saturated heterocycles. The lowest BCUT2D eigenvalue weighted by atomic mass is 9.47. The number of likely N-dealkylation sites (N-methyl/N-ethyl adjacent to an activating group) is 1. The van der Waals surface area contributed by atoms with Gasteiger partial charge in [0.1, 0.15) is 22.8 Å². The van der Waals surface area contributed by atoms with Gasteiger partial charge in [0.25, 0.3) is 5.91 Å². The van der Waals surface area contributed by atoms with Gasteiger partial charge >= 0.3 is 0 Å². The van der Waals surface area contributed by atoms with Crippen LogP contribution in [0.1, 0.15) is 17.5 Å². The highest BCUT2D eigenvalue weighted by molar-refractivity contribution is 6.25. The number of nitrogens with zero attached hydrogens (tertiary/aromatic N) is 4. The average Bonchev–Trinajstić information content (AvgIpc) is 2.83. The first-order chi connectivity index (χ1) is 18.3. The first-order valence-electron chi connectivity index (χ1n) is 11.8. The standard InChI is InChI=1S/C26H25N7O6/c1-33(2)20-19(36)16(23(28)39)21(37)25(10-27)22(38)17-18(35)15-12(7-24(17,29)9-26(20,25)30)11(3-4-14(15)34)13-8-31-5-6-32-13/h3-6,8,20,34-35,37H,7,9,29-30H2,1-2H3,(H2,28,39)/t20-,24-,25+,26-/m1/s1. The lowest BCUT2D eigenvalue weighted by Crippen LogP contribution is -2.80. The molecule has 0 spiro atoms. The molecule has 1 saturated carbocycles. The highest BCUT2D eigenvalue weighted by Crippen LogP contribution is 2.58. The number of aromatic hydroxyl groups is 1. The number of ketones is 2. The minimum atomic E-state index is -2.71. The summed E-state index contributed by atoms with van der Waals surface area (Å²) in [6, 6.07) is 3.13. The van der Waals surface area contributed by atoms with Crippen molar-refractivity contribution in [3.05, 3.63) is 58.8 Å². The Morgan fingerprint density at radius 1 is 1.18 bits per heavy atom. The minimum Gasteiger partial charge on any atom is -0.509 e. The fourth-order valence-electron chi connectivity index (χ4n) is 6.51. The van der Waals surface area contributed by atoms with Crippen molar-refractivity contribution >= 4 is 23.2 Å². The van der Waals surface area contributed by atoms with Crippen molar-refractivity contribution in [2.24, 2.45) is 22.6 Å². The number of carbonyl (C=O) groups is 3. The lowest BCUT2D eigenvalue weighted by Gasteiger charge is -2.58. The van der Waals surface area contributed by atoms with E-state index in [2.05, 4.69) is 9.97 Å². The van der Waals surface area contributed by atoms with Crippen molar-refractivity contribution in [1.82, 2.24) is 14.9 Å². The van der Waals surface area contributed by atoms with Crippen LogP contribution in [0.5, 0.6) is 5.75 Å². The Morgan fingerprint density at radius 3 is 2.44 bits per heavy atom.